The number of nitrogens with zero attached hydrogens (tertiary/aromatic N) is 3. The maximum atomic E-state index is 4.67. The molecule has 3 rings (SSSR count). The minimum Gasteiger partial charge on any atom is -0.341 e. The Hall–Kier alpha value is -1.16. The molecule has 3 nitrogen and oxygen atoms in total. The van der Waals surface area contributed by atoms with Crippen LogP contribution in [0.2, 0.25) is 0 Å². The van der Waals surface area contributed by atoms with Crippen molar-refractivity contribution in [2.75, 3.05) is 18.0 Å². The second-order valence-electron chi connectivity index (χ2n) is 4.40. The molecule has 1 aromatic heterocycles. The quantitative estimate of drug-likeness (QED) is 0.807. The third-order valence-electron chi connectivity index (χ3n) is 3.19. The monoisotopic (exact) mass is 291 g/mol. The Labute approximate surface area is 109 Å². The molecule has 2 aromatic rings. The van der Waals surface area contributed by atoms with E-state index < -0.39 is 0 Å². The molecule has 0 radical (unpaired) electrons. The van der Waals surface area contributed by atoms with Gasteiger partial charge in [0.25, 0.3) is 0 Å². The van der Waals surface area contributed by atoms with Gasteiger partial charge in [-0.05, 0) is 41.3 Å². The number of hydrogen-bond acceptors (Lipinski definition) is 3. The predicted octanol–water partition coefficient (Wildman–Crippen LogP) is 3.38. The fraction of sp³-hybridized carbons (Fsp3) is 0.385. The Morgan fingerprint density at radius 1 is 1.12 bits per heavy atom. The normalized spacial score (nSPS) is 16.4. The number of piperidine rings is 1. The first-order chi connectivity index (χ1) is 8.34. The van der Waals surface area contributed by atoms with Crippen molar-refractivity contribution in [2.45, 2.75) is 19.3 Å². The molecule has 0 bridgehead atoms. The van der Waals surface area contributed by atoms with E-state index in [-0.39, 0.29) is 0 Å². The summed E-state index contributed by atoms with van der Waals surface area (Å²) in [5, 5.41) is 1.08. The average molecular weight is 292 g/mol. The molecule has 1 aliphatic heterocycles. The zero-order valence-corrected chi connectivity index (χ0v) is 11.2. The van der Waals surface area contributed by atoms with Gasteiger partial charge >= 0.3 is 0 Å². The molecule has 0 aliphatic carbocycles. The third-order valence-corrected chi connectivity index (χ3v) is 3.83. The summed E-state index contributed by atoms with van der Waals surface area (Å²) >= 11 is 3.55. The molecule has 0 unspecified atom stereocenters. The first-order valence-electron chi connectivity index (χ1n) is 6.01. The lowest BCUT2D eigenvalue weighted by Gasteiger charge is -2.26. The molecule has 4 heteroatoms. The van der Waals surface area contributed by atoms with Crippen LogP contribution < -0.4 is 4.90 Å². The molecule has 0 spiro atoms. The summed E-state index contributed by atoms with van der Waals surface area (Å²) in [4.78, 5) is 11.4. The number of benzene rings is 1. The van der Waals surface area contributed by atoms with E-state index in [2.05, 4.69) is 30.8 Å². The van der Waals surface area contributed by atoms with Gasteiger partial charge < -0.3 is 4.90 Å². The van der Waals surface area contributed by atoms with Crippen LogP contribution in [0.3, 0.4) is 0 Å². The second-order valence-corrected chi connectivity index (χ2v) is 5.25. The van der Waals surface area contributed by atoms with Crippen LogP contribution in [0.1, 0.15) is 19.3 Å². The largest absolute Gasteiger partial charge is 0.341 e. The molecule has 0 saturated carbocycles. The fourth-order valence-electron chi connectivity index (χ4n) is 2.26. The van der Waals surface area contributed by atoms with E-state index in [0.717, 1.165) is 34.4 Å². The van der Waals surface area contributed by atoms with E-state index in [0.29, 0.717) is 0 Å². The SMILES string of the molecule is Brc1cccc2cnc(N3CCCCC3)nc12. The van der Waals surface area contributed by atoms with Gasteiger partial charge in [-0.25, -0.2) is 9.97 Å². The molecule has 0 amide bonds. The standard InChI is InChI=1S/C13H14BrN3/c14-11-6-4-5-10-9-15-13(16-12(10)11)17-7-2-1-3-8-17/h4-6,9H,1-3,7-8H2. The van der Waals surface area contributed by atoms with E-state index >= 15 is 0 Å². The molecule has 88 valence electrons. The number of fused-ring (bicyclic) bond motifs is 1. The smallest absolute Gasteiger partial charge is 0.225 e. The summed E-state index contributed by atoms with van der Waals surface area (Å²) < 4.78 is 1.04. The molecule has 1 aromatic carbocycles. The van der Waals surface area contributed by atoms with Crippen LogP contribution in [-0.2, 0) is 0 Å². The lowest BCUT2D eigenvalue weighted by atomic mass is 10.1. The van der Waals surface area contributed by atoms with Crippen molar-refractivity contribution in [1.82, 2.24) is 9.97 Å². The minimum absolute atomic E-state index is 0.865. The van der Waals surface area contributed by atoms with Crippen LogP contribution in [0, 0.1) is 0 Å². The maximum Gasteiger partial charge on any atom is 0.225 e. The van der Waals surface area contributed by atoms with Crippen molar-refractivity contribution in [3.8, 4) is 0 Å². The highest BCUT2D eigenvalue weighted by molar-refractivity contribution is 9.10. The molecule has 1 fully saturated rings. The highest BCUT2D eigenvalue weighted by Gasteiger charge is 2.14. The van der Waals surface area contributed by atoms with Gasteiger partial charge in [0, 0.05) is 29.1 Å². The molecule has 0 atom stereocenters. The van der Waals surface area contributed by atoms with Gasteiger partial charge in [-0.1, -0.05) is 12.1 Å². The number of para-hydroxylation sites is 1. The second kappa shape index (κ2) is 4.61. The molecule has 2 heterocycles. The van der Waals surface area contributed by atoms with Crippen LogP contribution in [0.4, 0.5) is 5.95 Å². The Balaban J connectivity index is 2.03. The summed E-state index contributed by atoms with van der Waals surface area (Å²) in [5.41, 5.74) is 1.00. The first-order valence-corrected chi connectivity index (χ1v) is 6.80. The van der Waals surface area contributed by atoms with E-state index in [1.807, 2.05) is 24.4 Å². The highest BCUT2D eigenvalue weighted by Crippen LogP contribution is 2.24. The van der Waals surface area contributed by atoms with E-state index in [1.54, 1.807) is 0 Å². The van der Waals surface area contributed by atoms with Gasteiger partial charge in [0.15, 0.2) is 0 Å². The van der Waals surface area contributed by atoms with Crippen LogP contribution >= 0.6 is 15.9 Å². The molecule has 1 saturated heterocycles. The zero-order valence-electron chi connectivity index (χ0n) is 9.56. The number of halogens is 1. The van der Waals surface area contributed by atoms with Crippen molar-refractivity contribution < 1.29 is 0 Å². The Kier molecular flexibility index (Phi) is 2.97. The maximum absolute atomic E-state index is 4.67. The predicted molar refractivity (Wildman–Crippen MR) is 73.3 cm³/mol. The Bertz CT molecular complexity index is 535. The topological polar surface area (TPSA) is 29.0 Å². The molecule has 17 heavy (non-hydrogen) atoms. The lowest BCUT2D eigenvalue weighted by molar-refractivity contribution is 0.569. The summed E-state index contributed by atoms with van der Waals surface area (Å²) in [6.45, 7) is 2.16. The van der Waals surface area contributed by atoms with E-state index in [4.69, 9.17) is 0 Å². The zero-order chi connectivity index (χ0) is 11.7. The Morgan fingerprint density at radius 2 is 1.94 bits per heavy atom. The van der Waals surface area contributed by atoms with Crippen molar-refractivity contribution in [3.63, 3.8) is 0 Å². The molecule has 0 N–H and O–H groups in total. The number of rotatable bonds is 1. The molecule has 1 aliphatic rings. The summed E-state index contributed by atoms with van der Waals surface area (Å²) in [5.74, 6) is 0.865. The van der Waals surface area contributed by atoms with Crippen LogP contribution in [0.15, 0.2) is 28.9 Å². The molecular weight excluding hydrogens is 278 g/mol. The van der Waals surface area contributed by atoms with E-state index in [9.17, 15) is 0 Å². The highest BCUT2D eigenvalue weighted by atomic mass is 79.9. The third kappa shape index (κ3) is 2.14. The summed E-state index contributed by atoms with van der Waals surface area (Å²) in [6.07, 6.45) is 5.74. The minimum atomic E-state index is 0.865. The number of hydrogen-bond donors (Lipinski definition) is 0. The van der Waals surface area contributed by atoms with Gasteiger partial charge in [-0.15, -0.1) is 0 Å². The first kappa shape index (κ1) is 11.0. The van der Waals surface area contributed by atoms with Crippen molar-refractivity contribution in [2.24, 2.45) is 0 Å². The molecular formula is C13H14BrN3. The van der Waals surface area contributed by atoms with E-state index in [1.165, 1.54) is 19.3 Å². The van der Waals surface area contributed by atoms with Crippen molar-refractivity contribution in [1.29, 1.82) is 0 Å². The Morgan fingerprint density at radius 3 is 2.76 bits per heavy atom. The van der Waals surface area contributed by atoms with Gasteiger partial charge in [-0.2, -0.15) is 0 Å². The van der Waals surface area contributed by atoms with Gasteiger partial charge in [0.2, 0.25) is 5.95 Å². The summed E-state index contributed by atoms with van der Waals surface area (Å²) in [7, 11) is 0. The van der Waals surface area contributed by atoms with Gasteiger partial charge in [-0.3, -0.25) is 0 Å². The van der Waals surface area contributed by atoms with Gasteiger partial charge in [0.05, 0.1) is 5.52 Å². The van der Waals surface area contributed by atoms with Crippen LogP contribution in [-0.4, -0.2) is 23.1 Å². The lowest BCUT2D eigenvalue weighted by Crippen LogP contribution is -2.30. The number of aromatic nitrogens is 2. The van der Waals surface area contributed by atoms with Gasteiger partial charge in [0.1, 0.15) is 0 Å². The van der Waals surface area contributed by atoms with Crippen molar-refractivity contribution in [3.05, 3.63) is 28.9 Å². The summed E-state index contributed by atoms with van der Waals surface area (Å²) in [6, 6.07) is 6.08. The number of anilines is 1. The van der Waals surface area contributed by atoms with Crippen LogP contribution in [0.25, 0.3) is 10.9 Å². The fourth-order valence-corrected chi connectivity index (χ4v) is 2.73. The van der Waals surface area contributed by atoms with Crippen molar-refractivity contribution >= 4 is 32.8 Å². The van der Waals surface area contributed by atoms with Crippen LogP contribution in [0.5, 0.6) is 0 Å². The average Bonchev–Trinajstić information content (AvgIpc) is 2.40.